The van der Waals surface area contributed by atoms with Gasteiger partial charge in [0.05, 0.1) is 24.5 Å². The van der Waals surface area contributed by atoms with Crippen LogP contribution in [0, 0.1) is 5.92 Å². The Morgan fingerprint density at radius 1 is 1.14 bits per heavy atom. The molecule has 0 saturated carbocycles. The summed E-state index contributed by atoms with van der Waals surface area (Å²) in [5.74, 6) is 0.905. The number of thioether (sulfide) groups is 1. The normalized spacial score (nSPS) is 11.6. The van der Waals surface area contributed by atoms with Crippen LogP contribution in [0.4, 0.5) is 5.82 Å². The first-order chi connectivity index (χ1) is 16.7. The van der Waals surface area contributed by atoms with Gasteiger partial charge in [0.1, 0.15) is 12.4 Å². The van der Waals surface area contributed by atoms with Gasteiger partial charge in [0.15, 0.2) is 22.0 Å². The first-order valence-corrected chi connectivity index (χ1v) is 12.3. The van der Waals surface area contributed by atoms with Crippen LogP contribution in [0.5, 0.6) is 0 Å². The lowest BCUT2D eigenvalue weighted by atomic mass is 10.2. The van der Waals surface area contributed by atoms with Gasteiger partial charge in [-0.25, -0.2) is 24.4 Å². The fraction of sp³-hybridized carbons (Fsp3) is 0.476. The Kier molecular flexibility index (Phi) is 6.91. The van der Waals surface area contributed by atoms with Crippen LogP contribution >= 0.6 is 11.8 Å². The van der Waals surface area contributed by atoms with Gasteiger partial charge in [0.2, 0.25) is 5.91 Å². The molecule has 4 aromatic heterocycles. The number of nitrogens with one attached hydrogen (secondary N) is 2. The number of aryl methyl sites for hydroxylation is 1. The van der Waals surface area contributed by atoms with Crippen LogP contribution in [0.3, 0.4) is 0 Å². The summed E-state index contributed by atoms with van der Waals surface area (Å²) in [4.78, 5) is 50.5. The SMILES string of the molecule is CSc1nc(NCC(C)C)c2cnn(CCNC(=O)Cn3cnc4c3c(=O)n(C)c(=O)n4C)c2n1. The van der Waals surface area contributed by atoms with Crippen LogP contribution in [0.2, 0.25) is 0 Å². The molecule has 0 bridgehead atoms. The van der Waals surface area contributed by atoms with Gasteiger partial charge >= 0.3 is 5.69 Å². The molecule has 4 rings (SSSR count). The lowest BCUT2D eigenvalue weighted by Crippen LogP contribution is -2.38. The Morgan fingerprint density at radius 2 is 1.91 bits per heavy atom. The minimum atomic E-state index is -0.498. The van der Waals surface area contributed by atoms with E-state index in [1.807, 2.05) is 6.26 Å². The molecule has 0 spiro atoms. The van der Waals surface area contributed by atoms with Crippen molar-refractivity contribution in [2.75, 3.05) is 24.7 Å². The first kappa shape index (κ1) is 24.4. The average molecular weight is 501 g/mol. The average Bonchev–Trinajstić information content (AvgIpc) is 3.44. The quantitative estimate of drug-likeness (QED) is 0.243. The number of imidazole rings is 1. The maximum absolute atomic E-state index is 12.6. The molecule has 0 atom stereocenters. The second kappa shape index (κ2) is 9.90. The highest BCUT2D eigenvalue weighted by atomic mass is 32.2. The van der Waals surface area contributed by atoms with Gasteiger partial charge in [-0.3, -0.25) is 18.7 Å². The van der Waals surface area contributed by atoms with Crippen molar-refractivity contribution in [3.63, 3.8) is 0 Å². The maximum Gasteiger partial charge on any atom is 0.332 e. The number of amides is 1. The molecule has 4 heterocycles. The predicted molar refractivity (Wildman–Crippen MR) is 134 cm³/mol. The van der Waals surface area contributed by atoms with E-state index in [4.69, 9.17) is 0 Å². The molecule has 0 aliphatic heterocycles. The highest BCUT2D eigenvalue weighted by Gasteiger charge is 2.17. The lowest BCUT2D eigenvalue weighted by molar-refractivity contribution is -0.121. The van der Waals surface area contributed by atoms with Gasteiger partial charge in [0.25, 0.3) is 5.56 Å². The minimum absolute atomic E-state index is 0.105. The number of carbonyl (C=O) groups is 1. The second-order valence-electron chi connectivity index (χ2n) is 8.54. The van der Waals surface area contributed by atoms with Crippen molar-refractivity contribution < 1.29 is 4.79 Å². The number of hydrogen-bond acceptors (Lipinski definition) is 9. The summed E-state index contributed by atoms with van der Waals surface area (Å²) in [6.07, 6.45) is 5.03. The third-order valence-electron chi connectivity index (χ3n) is 5.51. The fourth-order valence-electron chi connectivity index (χ4n) is 3.65. The van der Waals surface area contributed by atoms with Gasteiger partial charge in [-0.05, 0) is 12.2 Å². The molecule has 0 radical (unpaired) electrons. The zero-order valence-corrected chi connectivity index (χ0v) is 21.1. The van der Waals surface area contributed by atoms with Crippen LogP contribution < -0.4 is 21.9 Å². The van der Waals surface area contributed by atoms with Gasteiger partial charge in [-0.2, -0.15) is 5.10 Å². The minimum Gasteiger partial charge on any atom is -0.369 e. The van der Waals surface area contributed by atoms with Gasteiger partial charge < -0.3 is 15.2 Å². The van der Waals surface area contributed by atoms with Crippen molar-refractivity contribution in [2.45, 2.75) is 32.1 Å². The molecular weight excluding hydrogens is 472 g/mol. The van der Waals surface area contributed by atoms with Crippen molar-refractivity contribution >= 4 is 45.7 Å². The number of fused-ring (bicyclic) bond motifs is 2. The van der Waals surface area contributed by atoms with Crippen molar-refractivity contribution in [1.29, 1.82) is 0 Å². The Morgan fingerprint density at radius 3 is 2.63 bits per heavy atom. The number of carbonyl (C=O) groups excluding carboxylic acids is 1. The summed E-state index contributed by atoms with van der Waals surface area (Å²) in [6, 6.07) is 0. The van der Waals surface area contributed by atoms with Crippen molar-refractivity contribution in [3.05, 3.63) is 33.4 Å². The molecule has 35 heavy (non-hydrogen) atoms. The van der Waals surface area contributed by atoms with Crippen LogP contribution in [-0.4, -0.2) is 63.7 Å². The molecule has 0 aromatic carbocycles. The first-order valence-electron chi connectivity index (χ1n) is 11.1. The van der Waals surface area contributed by atoms with E-state index < -0.39 is 11.2 Å². The highest BCUT2D eigenvalue weighted by Crippen LogP contribution is 2.23. The van der Waals surface area contributed by atoms with Crippen molar-refractivity contribution in [3.8, 4) is 0 Å². The molecule has 13 nitrogen and oxygen atoms in total. The zero-order chi connectivity index (χ0) is 25.3. The summed E-state index contributed by atoms with van der Waals surface area (Å²) in [6.45, 7) is 5.64. The smallest absolute Gasteiger partial charge is 0.332 e. The lowest BCUT2D eigenvalue weighted by Gasteiger charge is -2.11. The second-order valence-corrected chi connectivity index (χ2v) is 9.31. The molecule has 0 saturated heterocycles. The largest absolute Gasteiger partial charge is 0.369 e. The highest BCUT2D eigenvalue weighted by molar-refractivity contribution is 7.98. The summed E-state index contributed by atoms with van der Waals surface area (Å²) < 4.78 is 5.45. The molecule has 0 unspecified atom stereocenters. The molecule has 186 valence electrons. The van der Waals surface area contributed by atoms with Gasteiger partial charge in [-0.15, -0.1) is 0 Å². The van der Waals surface area contributed by atoms with Crippen LogP contribution in [0.25, 0.3) is 22.2 Å². The number of anilines is 1. The van der Waals surface area contributed by atoms with E-state index in [-0.39, 0.29) is 23.6 Å². The molecule has 2 N–H and O–H groups in total. The van der Waals surface area contributed by atoms with Gasteiger partial charge in [-0.1, -0.05) is 25.6 Å². The topological polar surface area (TPSA) is 147 Å². The molecule has 1 amide bonds. The number of nitrogens with zero attached hydrogens (tertiary/aromatic N) is 8. The summed E-state index contributed by atoms with van der Waals surface area (Å²) in [5, 5.41) is 12.1. The Hall–Kier alpha value is -3.68. The van der Waals surface area contributed by atoms with E-state index in [1.165, 1.54) is 41.3 Å². The van der Waals surface area contributed by atoms with Crippen LogP contribution in [0.1, 0.15) is 13.8 Å². The van der Waals surface area contributed by atoms with E-state index >= 15 is 0 Å². The summed E-state index contributed by atoms with van der Waals surface area (Å²) >= 11 is 1.45. The third-order valence-corrected chi connectivity index (χ3v) is 6.06. The molecule has 0 fully saturated rings. The fourth-order valence-corrected chi connectivity index (χ4v) is 4.01. The van der Waals surface area contributed by atoms with E-state index in [2.05, 4.69) is 44.5 Å². The Labute approximate surface area is 204 Å². The summed E-state index contributed by atoms with van der Waals surface area (Å²) in [5.41, 5.74) is 0.155. The Bertz CT molecular complexity index is 1510. The van der Waals surface area contributed by atoms with Gasteiger partial charge in [0, 0.05) is 27.2 Å². The molecule has 14 heteroatoms. The maximum atomic E-state index is 12.6. The van der Waals surface area contributed by atoms with E-state index in [0.29, 0.717) is 29.8 Å². The van der Waals surface area contributed by atoms with E-state index in [9.17, 15) is 14.4 Å². The Balaban J connectivity index is 1.47. The molecular formula is C21H28N10O3S. The van der Waals surface area contributed by atoms with Crippen molar-refractivity contribution in [1.82, 2.24) is 43.8 Å². The van der Waals surface area contributed by atoms with Crippen molar-refractivity contribution in [2.24, 2.45) is 20.0 Å². The molecule has 4 aromatic rings. The summed E-state index contributed by atoms with van der Waals surface area (Å²) in [7, 11) is 2.93. The van der Waals surface area contributed by atoms with E-state index in [0.717, 1.165) is 22.3 Å². The molecule has 0 aliphatic rings. The third kappa shape index (κ3) is 4.78. The number of rotatable bonds is 9. The van der Waals surface area contributed by atoms with E-state index in [1.54, 1.807) is 10.9 Å². The zero-order valence-electron chi connectivity index (χ0n) is 20.3. The van der Waals surface area contributed by atoms with Crippen LogP contribution in [0.15, 0.2) is 27.3 Å². The standard InChI is InChI=1S/C21H28N10O3S/c1-12(2)8-23-16-13-9-25-31(17(13)27-20(26-16)35-5)7-6-22-14(32)10-30-11-24-18-15(30)19(33)29(4)21(34)28(18)3/h9,11-12H,6-8,10H2,1-5H3,(H,22,32)(H,23,26,27). The molecule has 0 aliphatic carbocycles. The van der Waals surface area contributed by atoms with Crippen LogP contribution in [-0.2, 0) is 32.0 Å². The number of aromatic nitrogens is 8. The predicted octanol–water partition coefficient (Wildman–Crippen LogP) is 0.180. The number of hydrogen-bond donors (Lipinski definition) is 2. The monoisotopic (exact) mass is 500 g/mol.